The van der Waals surface area contributed by atoms with Gasteiger partial charge in [0, 0.05) is 31.1 Å². The van der Waals surface area contributed by atoms with Crippen molar-refractivity contribution < 1.29 is 9.53 Å². The lowest BCUT2D eigenvalue weighted by Gasteiger charge is -2.02. The Kier molecular flexibility index (Phi) is 2.49. The third kappa shape index (κ3) is 2.22. The Morgan fingerprint density at radius 1 is 1.60 bits per heavy atom. The lowest BCUT2D eigenvalue weighted by molar-refractivity contribution is -0.136. The van der Waals surface area contributed by atoms with E-state index >= 15 is 0 Å². The number of aliphatic imine (C=N–C) groups is 1. The normalized spacial score (nSPS) is 16.9. The van der Waals surface area contributed by atoms with Crippen LogP contribution in [0, 0.1) is 0 Å². The molecular formula is C11H10N2O2. The summed E-state index contributed by atoms with van der Waals surface area (Å²) in [6.45, 7) is 1.37. The largest absolute Gasteiger partial charge is 0.424 e. The zero-order valence-corrected chi connectivity index (χ0v) is 8.23. The Morgan fingerprint density at radius 2 is 2.47 bits per heavy atom. The fourth-order valence-corrected chi connectivity index (χ4v) is 1.27. The highest BCUT2D eigenvalue weighted by molar-refractivity contribution is 5.82. The van der Waals surface area contributed by atoms with Gasteiger partial charge in [-0.1, -0.05) is 0 Å². The average molecular weight is 202 g/mol. The molecule has 2 heterocycles. The number of nitrogens with zero attached hydrogens (tertiary/aromatic N) is 1. The van der Waals surface area contributed by atoms with Gasteiger partial charge in [-0.2, -0.15) is 0 Å². The molecule has 2 rings (SSSR count). The van der Waals surface area contributed by atoms with Crippen molar-refractivity contribution in [3.63, 3.8) is 0 Å². The van der Waals surface area contributed by atoms with Gasteiger partial charge in [0.1, 0.15) is 5.70 Å². The molecule has 76 valence electrons. The van der Waals surface area contributed by atoms with Gasteiger partial charge in [0.2, 0.25) is 0 Å². The van der Waals surface area contributed by atoms with E-state index in [-0.39, 0.29) is 5.97 Å². The van der Waals surface area contributed by atoms with E-state index in [0.29, 0.717) is 11.5 Å². The maximum atomic E-state index is 10.8. The molecule has 0 saturated heterocycles. The van der Waals surface area contributed by atoms with E-state index in [1.54, 1.807) is 12.3 Å². The predicted molar refractivity (Wildman–Crippen MR) is 57.1 cm³/mol. The molecule has 0 aromatic carbocycles. The Balaban J connectivity index is 2.20. The number of esters is 1. The molecule has 0 spiro atoms. The van der Waals surface area contributed by atoms with E-state index < -0.39 is 0 Å². The minimum Gasteiger partial charge on any atom is -0.424 e. The van der Waals surface area contributed by atoms with Gasteiger partial charge in [-0.3, -0.25) is 9.79 Å². The second kappa shape index (κ2) is 3.96. The number of hydrogen-bond acceptors (Lipinski definition) is 3. The monoisotopic (exact) mass is 202 g/mol. The van der Waals surface area contributed by atoms with Crippen molar-refractivity contribution >= 4 is 18.3 Å². The smallest absolute Gasteiger partial charge is 0.308 e. The zero-order chi connectivity index (χ0) is 10.7. The van der Waals surface area contributed by atoms with Crippen LogP contribution in [0.2, 0.25) is 0 Å². The molecular weight excluding hydrogens is 192 g/mol. The fourth-order valence-electron chi connectivity index (χ4n) is 1.27. The molecule has 0 bridgehead atoms. The molecule has 0 aliphatic carbocycles. The van der Waals surface area contributed by atoms with Gasteiger partial charge in [-0.15, -0.1) is 0 Å². The summed E-state index contributed by atoms with van der Waals surface area (Å²) in [5, 5.41) is 0. The van der Waals surface area contributed by atoms with Crippen molar-refractivity contribution in [2.75, 3.05) is 0 Å². The summed E-state index contributed by atoms with van der Waals surface area (Å²) in [6, 6.07) is 3.80. The van der Waals surface area contributed by atoms with Gasteiger partial charge in [-0.05, 0) is 18.2 Å². The minimum absolute atomic E-state index is 0.343. The van der Waals surface area contributed by atoms with Crippen LogP contribution in [0.5, 0.6) is 0 Å². The molecule has 1 aliphatic heterocycles. The molecule has 4 heteroatoms. The van der Waals surface area contributed by atoms with Crippen molar-refractivity contribution in [2.45, 2.75) is 6.92 Å². The third-order valence-electron chi connectivity index (χ3n) is 1.86. The topological polar surface area (TPSA) is 54.4 Å². The van der Waals surface area contributed by atoms with Crippen LogP contribution in [0.1, 0.15) is 12.6 Å². The van der Waals surface area contributed by atoms with E-state index in [0.717, 1.165) is 5.69 Å². The molecule has 1 aromatic heterocycles. The predicted octanol–water partition coefficient (Wildman–Crippen LogP) is 1.89. The number of nitrogens with one attached hydrogen (secondary N) is 1. The summed E-state index contributed by atoms with van der Waals surface area (Å²) in [6.07, 6.45) is 6.90. The molecule has 4 nitrogen and oxygen atoms in total. The number of aromatic nitrogens is 1. The average Bonchev–Trinajstić information content (AvgIpc) is 2.78. The summed E-state index contributed by atoms with van der Waals surface area (Å²) in [4.78, 5) is 17.9. The quantitative estimate of drug-likeness (QED) is 0.744. The number of hydrogen-bond donors (Lipinski definition) is 1. The van der Waals surface area contributed by atoms with Gasteiger partial charge < -0.3 is 9.72 Å². The Hall–Kier alpha value is -2.10. The Bertz CT molecular complexity index is 453. The highest BCUT2D eigenvalue weighted by Gasteiger charge is 2.11. The summed E-state index contributed by atoms with van der Waals surface area (Å²) in [5.74, 6) is 0.140. The highest BCUT2D eigenvalue weighted by atomic mass is 16.5. The van der Waals surface area contributed by atoms with Gasteiger partial charge in [0.25, 0.3) is 0 Å². The SMILES string of the molecule is CC(=O)OC1=CC=N/C1=C\c1ccc[nH]1. The van der Waals surface area contributed by atoms with Crippen LogP contribution in [0.3, 0.4) is 0 Å². The maximum absolute atomic E-state index is 10.8. The number of H-pyrrole nitrogens is 1. The number of aromatic amines is 1. The molecule has 1 aromatic rings. The Morgan fingerprint density at radius 3 is 3.13 bits per heavy atom. The van der Waals surface area contributed by atoms with Gasteiger partial charge in [-0.25, -0.2) is 0 Å². The molecule has 0 atom stereocenters. The fraction of sp³-hybridized carbons (Fsp3) is 0.0909. The molecule has 1 N–H and O–H groups in total. The first-order chi connectivity index (χ1) is 7.25. The van der Waals surface area contributed by atoms with Crippen LogP contribution in [0.15, 0.2) is 40.9 Å². The van der Waals surface area contributed by atoms with Gasteiger partial charge in [0.15, 0.2) is 5.76 Å². The lowest BCUT2D eigenvalue weighted by Crippen LogP contribution is -1.98. The summed E-state index contributed by atoms with van der Waals surface area (Å²) < 4.78 is 4.99. The molecule has 0 radical (unpaired) electrons. The second-order valence-corrected chi connectivity index (χ2v) is 3.06. The van der Waals surface area contributed by atoms with Crippen LogP contribution < -0.4 is 0 Å². The van der Waals surface area contributed by atoms with E-state index in [1.165, 1.54) is 6.92 Å². The van der Waals surface area contributed by atoms with Crippen LogP contribution >= 0.6 is 0 Å². The second-order valence-electron chi connectivity index (χ2n) is 3.06. The van der Waals surface area contributed by atoms with E-state index in [4.69, 9.17) is 4.74 Å². The number of rotatable bonds is 2. The molecule has 0 unspecified atom stereocenters. The number of allylic oxidation sites excluding steroid dienone is 1. The van der Waals surface area contributed by atoms with Crippen molar-refractivity contribution in [1.82, 2.24) is 4.98 Å². The molecule has 0 amide bonds. The molecule has 0 fully saturated rings. The van der Waals surface area contributed by atoms with Crippen LogP contribution in [-0.4, -0.2) is 17.2 Å². The van der Waals surface area contributed by atoms with Crippen molar-refractivity contribution in [1.29, 1.82) is 0 Å². The van der Waals surface area contributed by atoms with Crippen molar-refractivity contribution in [2.24, 2.45) is 4.99 Å². The first kappa shape index (κ1) is 9.45. The van der Waals surface area contributed by atoms with Crippen LogP contribution in [0.25, 0.3) is 6.08 Å². The number of carbonyl (C=O) groups is 1. The zero-order valence-electron chi connectivity index (χ0n) is 8.23. The Labute approximate surface area is 87.0 Å². The van der Waals surface area contributed by atoms with Crippen LogP contribution in [0.4, 0.5) is 0 Å². The van der Waals surface area contributed by atoms with Gasteiger partial charge >= 0.3 is 5.97 Å². The van der Waals surface area contributed by atoms with E-state index in [1.807, 2.05) is 24.4 Å². The third-order valence-corrected chi connectivity index (χ3v) is 1.86. The number of ether oxygens (including phenoxy) is 1. The lowest BCUT2D eigenvalue weighted by atomic mass is 10.3. The molecule has 15 heavy (non-hydrogen) atoms. The molecule has 0 saturated carbocycles. The van der Waals surface area contributed by atoms with E-state index in [2.05, 4.69) is 9.98 Å². The maximum Gasteiger partial charge on any atom is 0.308 e. The first-order valence-electron chi connectivity index (χ1n) is 4.54. The highest BCUT2D eigenvalue weighted by Crippen LogP contribution is 2.20. The van der Waals surface area contributed by atoms with Crippen LogP contribution in [-0.2, 0) is 9.53 Å². The summed E-state index contributed by atoms with van der Waals surface area (Å²) >= 11 is 0. The molecule has 1 aliphatic rings. The van der Waals surface area contributed by atoms with Gasteiger partial charge in [0.05, 0.1) is 0 Å². The minimum atomic E-state index is -0.343. The summed E-state index contributed by atoms with van der Waals surface area (Å²) in [5.41, 5.74) is 1.56. The first-order valence-corrected chi connectivity index (χ1v) is 4.54. The summed E-state index contributed by atoms with van der Waals surface area (Å²) in [7, 11) is 0. The van der Waals surface area contributed by atoms with Crippen molar-refractivity contribution in [3.05, 3.63) is 41.6 Å². The van der Waals surface area contributed by atoms with E-state index in [9.17, 15) is 4.79 Å². The number of carbonyl (C=O) groups excluding carboxylic acids is 1. The van der Waals surface area contributed by atoms with Crippen molar-refractivity contribution in [3.8, 4) is 0 Å². The standard InChI is InChI=1S/C11H10N2O2/c1-8(14)15-11-4-6-13-10(11)7-9-3-2-5-12-9/h2-7,12H,1H3/b10-7-.